The number of carboxylic acid groups (broad SMARTS) is 1. The minimum absolute atomic E-state index is 0.0961. The van der Waals surface area contributed by atoms with Crippen molar-refractivity contribution in [3.05, 3.63) is 17.0 Å². The van der Waals surface area contributed by atoms with Gasteiger partial charge in [-0.25, -0.2) is 13.6 Å². The number of amides is 1. The molecule has 2 atom stereocenters. The monoisotopic (exact) mass is 346 g/mol. The van der Waals surface area contributed by atoms with Gasteiger partial charge < -0.3 is 10.4 Å². The van der Waals surface area contributed by atoms with Crippen LogP contribution in [0.25, 0.3) is 0 Å². The summed E-state index contributed by atoms with van der Waals surface area (Å²) in [6.07, 6.45) is 2.74. The van der Waals surface area contributed by atoms with Crippen LogP contribution in [0.1, 0.15) is 43.0 Å². The van der Waals surface area contributed by atoms with Crippen LogP contribution in [-0.2, 0) is 14.8 Å². The summed E-state index contributed by atoms with van der Waals surface area (Å²) in [7, 11) is -3.84. The predicted octanol–water partition coefficient (Wildman–Crippen LogP) is 1.16. The zero-order chi connectivity index (χ0) is 16.5. The van der Waals surface area contributed by atoms with E-state index in [4.69, 9.17) is 5.14 Å². The molecule has 4 N–H and O–H groups in total. The first-order chi connectivity index (χ1) is 10.1. The highest BCUT2D eigenvalue weighted by atomic mass is 32.2. The summed E-state index contributed by atoms with van der Waals surface area (Å²) >= 11 is 0.863. The second-order valence-electron chi connectivity index (χ2n) is 5.71. The SMILES string of the molecule is CC1(NC(=O)c2csc(S(N)(=O)=O)c2)CCCCC1C(=O)O. The summed E-state index contributed by atoms with van der Waals surface area (Å²) in [6, 6.07) is 1.21. The van der Waals surface area contributed by atoms with Crippen molar-refractivity contribution in [1.29, 1.82) is 0 Å². The van der Waals surface area contributed by atoms with Gasteiger partial charge in [-0.3, -0.25) is 9.59 Å². The molecule has 1 aliphatic carbocycles. The number of primary sulfonamides is 1. The summed E-state index contributed by atoms with van der Waals surface area (Å²) in [6.45, 7) is 1.72. The smallest absolute Gasteiger partial charge is 0.308 e. The van der Waals surface area contributed by atoms with E-state index in [0.29, 0.717) is 12.8 Å². The van der Waals surface area contributed by atoms with Crippen molar-refractivity contribution in [3.8, 4) is 0 Å². The van der Waals surface area contributed by atoms with Crippen LogP contribution in [0.5, 0.6) is 0 Å². The third-order valence-corrected chi connectivity index (χ3v) is 6.41. The number of thiophene rings is 1. The Kier molecular flexibility index (Phi) is 4.59. The van der Waals surface area contributed by atoms with Gasteiger partial charge in [0.25, 0.3) is 5.91 Å². The standard InChI is InChI=1S/C13H18N2O5S2/c1-13(5-3-2-4-9(13)12(17)18)15-11(16)8-6-10(21-7-8)22(14,19)20/h6-7,9H,2-5H2,1H3,(H,15,16)(H,17,18)(H2,14,19,20). The zero-order valence-corrected chi connectivity index (χ0v) is 13.7. The van der Waals surface area contributed by atoms with Gasteiger partial charge in [-0.2, -0.15) is 0 Å². The number of hydrogen-bond acceptors (Lipinski definition) is 5. The van der Waals surface area contributed by atoms with E-state index in [1.165, 1.54) is 11.4 Å². The maximum Gasteiger partial charge on any atom is 0.308 e. The van der Waals surface area contributed by atoms with E-state index in [0.717, 1.165) is 24.2 Å². The zero-order valence-electron chi connectivity index (χ0n) is 12.0. The van der Waals surface area contributed by atoms with E-state index in [1.807, 2.05) is 0 Å². The average Bonchev–Trinajstić information content (AvgIpc) is 2.87. The van der Waals surface area contributed by atoms with Crippen LogP contribution in [0, 0.1) is 5.92 Å². The summed E-state index contributed by atoms with van der Waals surface area (Å²) in [4.78, 5) is 23.7. The summed E-state index contributed by atoms with van der Waals surface area (Å²) in [5, 5.41) is 18.5. The second-order valence-corrected chi connectivity index (χ2v) is 8.41. The topological polar surface area (TPSA) is 127 Å². The van der Waals surface area contributed by atoms with E-state index in [1.54, 1.807) is 6.92 Å². The van der Waals surface area contributed by atoms with E-state index < -0.39 is 33.4 Å². The van der Waals surface area contributed by atoms with Crippen LogP contribution in [0.3, 0.4) is 0 Å². The van der Waals surface area contributed by atoms with Crippen LogP contribution in [-0.4, -0.2) is 30.9 Å². The Balaban J connectivity index is 2.20. The van der Waals surface area contributed by atoms with Crippen LogP contribution < -0.4 is 10.5 Å². The molecule has 0 aliphatic heterocycles. The van der Waals surface area contributed by atoms with Gasteiger partial charge in [-0.05, 0) is 25.8 Å². The van der Waals surface area contributed by atoms with Gasteiger partial charge in [0, 0.05) is 5.38 Å². The highest BCUT2D eigenvalue weighted by Crippen LogP contribution is 2.34. The molecule has 0 saturated heterocycles. The number of nitrogens with one attached hydrogen (secondary N) is 1. The molecule has 22 heavy (non-hydrogen) atoms. The van der Waals surface area contributed by atoms with Crippen LogP contribution in [0.2, 0.25) is 0 Å². The molecule has 9 heteroatoms. The minimum atomic E-state index is -3.84. The van der Waals surface area contributed by atoms with Gasteiger partial charge in [0.2, 0.25) is 10.0 Å². The van der Waals surface area contributed by atoms with Gasteiger partial charge in [-0.1, -0.05) is 12.8 Å². The molecule has 2 unspecified atom stereocenters. The Hall–Kier alpha value is -1.45. The number of carboxylic acids is 1. The first-order valence-electron chi connectivity index (χ1n) is 6.80. The summed E-state index contributed by atoms with van der Waals surface area (Å²) in [5.41, 5.74) is -0.671. The minimum Gasteiger partial charge on any atom is -0.481 e. The van der Waals surface area contributed by atoms with Crippen LogP contribution in [0.4, 0.5) is 0 Å². The third kappa shape index (κ3) is 3.47. The molecule has 1 fully saturated rings. The molecule has 1 saturated carbocycles. The van der Waals surface area contributed by atoms with Crippen molar-refractivity contribution in [2.75, 3.05) is 0 Å². The number of carbonyl (C=O) groups is 2. The van der Waals surface area contributed by atoms with Gasteiger partial charge in [0.05, 0.1) is 17.0 Å². The van der Waals surface area contributed by atoms with Gasteiger partial charge in [0.1, 0.15) is 4.21 Å². The number of hydrogen-bond donors (Lipinski definition) is 3. The highest BCUT2D eigenvalue weighted by Gasteiger charge is 2.42. The van der Waals surface area contributed by atoms with Crippen molar-refractivity contribution in [2.45, 2.75) is 42.4 Å². The third-order valence-electron chi connectivity index (χ3n) is 4.02. The van der Waals surface area contributed by atoms with Crippen molar-refractivity contribution in [2.24, 2.45) is 11.1 Å². The fourth-order valence-corrected chi connectivity index (χ4v) is 4.38. The molecular weight excluding hydrogens is 328 g/mol. The average molecular weight is 346 g/mol. The lowest BCUT2D eigenvalue weighted by molar-refractivity contribution is -0.145. The van der Waals surface area contributed by atoms with Crippen LogP contribution in [0.15, 0.2) is 15.7 Å². The Bertz CT molecular complexity index is 697. The van der Waals surface area contributed by atoms with Gasteiger partial charge in [0.15, 0.2) is 0 Å². The number of nitrogens with two attached hydrogens (primary N) is 1. The molecule has 0 aromatic carbocycles. The molecule has 1 heterocycles. The van der Waals surface area contributed by atoms with Crippen molar-refractivity contribution in [3.63, 3.8) is 0 Å². The molecule has 0 radical (unpaired) electrons. The fourth-order valence-electron chi connectivity index (χ4n) is 2.80. The second kappa shape index (κ2) is 5.98. The molecule has 122 valence electrons. The Morgan fingerprint density at radius 2 is 2.14 bits per heavy atom. The Morgan fingerprint density at radius 3 is 2.68 bits per heavy atom. The molecule has 2 rings (SSSR count). The quantitative estimate of drug-likeness (QED) is 0.754. The van der Waals surface area contributed by atoms with E-state index in [2.05, 4.69) is 5.32 Å². The molecule has 1 amide bonds. The lowest BCUT2D eigenvalue weighted by Gasteiger charge is -2.39. The van der Waals surface area contributed by atoms with Crippen LogP contribution >= 0.6 is 11.3 Å². The fraction of sp³-hybridized carbons (Fsp3) is 0.538. The first-order valence-corrected chi connectivity index (χ1v) is 9.23. The number of carbonyl (C=O) groups excluding carboxylic acids is 1. The van der Waals surface area contributed by atoms with E-state index in [-0.39, 0.29) is 9.77 Å². The Morgan fingerprint density at radius 1 is 1.45 bits per heavy atom. The van der Waals surface area contributed by atoms with Crippen molar-refractivity contribution >= 4 is 33.2 Å². The van der Waals surface area contributed by atoms with E-state index in [9.17, 15) is 23.1 Å². The lowest BCUT2D eigenvalue weighted by Crippen LogP contribution is -2.55. The molecule has 1 aliphatic rings. The molecule has 0 spiro atoms. The van der Waals surface area contributed by atoms with Gasteiger partial charge >= 0.3 is 5.97 Å². The molecule has 1 aromatic rings. The lowest BCUT2D eigenvalue weighted by atomic mass is 9.74. The Labute approximate surface area is 132 Å². The summed E-state index contributed by atoms with van der Waals surface area (Å²) in [5.74, 6) is -2.07. The molecular formula is C13H18N2O5S2. The number of aliphatic carboxylic acids is 1. The number of rotatable bonds is 4. The molecule has 0 bridgehead atoms. The normalized spacial score (nSPS) is 25.6. The van der Waals surface area contributed by atoms with Crippen molar-refractivity contribution < 1.29 is 23.1 Å². The maximum atomic E-state index is 12.3. The largest absolute Gasteiger partial charge is 0.481 e. The first kappa shape index (κ1) is 16.9. The van der Waals surface area contributed by atoms with Crippen molar-refractivity contribution in [1.82, 2.24) is 5.32 Å². The number of sulfonamides is 1. The highest BCUT2D eigenvalue weighted by molar-refractivity contribution is 7.91. The van der Waals surface area contributed by atoms with E-state index >= 15 is 0 Å². The summed E-state index contributed by atoms with van der Waals surface area (Å²) < 4.78 is 22.4. The van der Waals surface area contributed by atoms with Gasteiger partial charge in [-0.15, -0.1) is 11.3 Å². The predicted molar refractivity (Wildman–Crippen MR) is 81.2 cm³/mol. The molecule has 7 nitrogen and oxygen atoms in total. The molecule has 1 aromatic heterocycles. The maximum absolute atomic E-state index is 12.3.